The topological polar surface area (TPSA) is 34.1 Å². The van der Waals surface area contributed by atoms with Crippen LogP contribution in [0, 0.1) is 5.41 Å². The first-order chi connectivity index (χ1) is 11.3. The Labute approximate surface area is 172 Å². The van der Waals surface area contributed by atoms with Gasteiger partial charge >= 0.3 is 0 Å². The summed E-state index contributed by atoms with van der Waals surface area (Å²) in [6.07, 6.45) is 2.48. The van der Waals surface area contributed by atoms with Crippen molar-refractivity contribution in [3.63, 3.8) is 0 Å². The van der Waals surface area contributed by atoms with Gasteiger partial charge in [0.05, 0.1) is 0 Å². The fourth-order valence-electron chi connectivity index (χ4n) is 3.69. The molecule has 0 spiro atoms. The first-order valence-corrected chi connectivity index (χ1v) is 9.75. The molecular weight excluding hydrogens is 425 g/mol. The van der Waals surface area contributed by atoms with Crippen molar-refractivity contribution >= 4 is 29.9 Å². The normalized spacial score (nSPS) is 23.8. The summed E-state index contributed by atoms with van der Waals surface area (Å²) in [7, 11) is 1.90. The molecule has 0 unspecified atom stereocenters. The number of aliphatic imine (C=N–C) groups is 1. The van der Waals surface area contributed by atoms with Gasteiger partial charge in [0.1, 0.15) is 0 Å². The van der Waals surface area contributed by atoms with Gasteiger partial charge in [-0.15, -0.1) is 24.0 Å². The van der Waals surface area contributed by atoms with E-state index in [0.717, 1.165) is 19.0 Å². The van der Waals surface area contributed by atoms with E-state index < -0.39 is 0 Å². The molecule has 2 fully saturated rings. The van der Waals surface area contributed by atoms with E-state index in [9.17, 15) is 0 Å². The zero-order valence-electron chi connectivity index (χ0n) is 17.3. The van der Waals surface area contributed by atoms with E-state index in [2.05, 4.69) is 59.6 Å². The predicted octanol–water partition coefficient (Wildman–Crippen LogP) is 2.72. The number of unbranched alkanes of at least 4 members (excludes halogenated alkanes) is 1. The number of nitrogens with zero attached hydrogens (tertiary/aromatic N) is 4. The third kappa shape index (κ3) is 5.45. The van der Waals surface area contributed by atoms with Gasteiger partial charge in [-0.1, -0.05) is 20.8 Å². The van der Waals surface area contributed by atoms with E-state index in [1.165, 1.54) is 52.1 Å². The Bertz CT molecular complexity index is 428. The monoisotopic (exact) mass is 465 g/mol. The van der Waals surface area contributed by atoms with Crippen LogP contribution in [0.25, 0.3) is 0 Å². The highest BCUT2D eigenvalue weighted by Gasteiger charge is 2.53. The number of likely N-dealkylation sites (N-methyl/N-ethyl adjacent to an activating group) is 1. The summed E-state index contributed by atoms with van der Waals surface area (Å²) in [6, 6.07) is 0. The van der Waals surface area contributed by atoms with Gasteiger partial charge in [0.25, 0.3) is 0 Å². The summed E-state index contributed by atoms with van der Waals surface area (Å²) in [5.41, 5.74) is 0.527. The molecule has 0 aromatic heterocycles. The molecule has 5 nitrogen and oxygen atoms in total. The van der Waals surface area contributed by atoms with Crippen LogP contribution in [0.4, 0.5) is 0 Å². The van der Waals surface area contributed by atoms with Crippen molar-refractivity contribution in [1.29, 1.82) is 0 Å². The lowest BCUT2D eigenvalue weighted by Gasteiger charge is -2.62. The number of guanidine groups is 1. The average Bonchev–Trinajstić information content (AvgIpc) is 2.57. The zero-order valence-corrected chi connectivity index (χ0v) is 19.6. The Morgan fingerprint density at radius 2 is 1.60 bits per heavy atom. The molecule has 6 heteroatoms. The zero-order chi connectivity index (χ0) is 17.8. The van der Waals surface area contributed by atoms with Crippen molar-refractivity contribution in [3.8, 4) is 0 Å². The van der Waals surface area contributed by atoms with E-state index in [1.807, 2.05) is 7.05 Å². The van der Waals surface area contributed by atoms with Crippen LogP contribution in [0.1, 0.15) is 47.5 Å². The van der Waals surface area contributed by atoms with E-state index in [-0.39, 0.29) is 29.5 Å². The maximum atomic E-state index is 4.49. The first-order valence-electron chi connectivity index (χ1n) is 9.75. The summed E-state index contributed by atoms with van der Waals surface area (Å²) in [4.78, 5) is 12.1. The van der Waals surface area contributed by atoms with Crippen molar-refractivity contribution in [2.45, 2.75) is 53.0 Å². The molecule has 0 radical (unpaired) electrons. The standard InChI is InChI=1S/C19H39N5.HI/c1-7-22-12-14-23(15-13-22)11-9-8-10-21-17(20-6)24-16-18(2,3)19(24,4)5;/h7-16H2,1-6H3,(H,20,21);1H. The molecule has 0 amide bonds. The molecular formula is C19H40IN5. The van der Waals surface area contributed by atoms with Gasteiger partial charge in [0.15, 0.2) is 5.96 Å². The molecule has 0 aliphatic carbocycles. The SMILES string of the molecule is CCN1CCN(CCCCNC(=NC)N2CC(C)(C)C2(C)C)CC1.I. The van der Waals surface area contributed by atoms with Crippen LogP contribution in [-0.4, -0.2) is 85.6 Å². The van der Waals surface area contributed by atoms with Gasteiger partial charge in [-0.25, -0.2) is 0 Å². The second-order valence-electron chi connectivity index (χ2n) is 8.49. The molecule has 0 aromatic rings. The minimum atomic E-state index is 0. The second-order valence-corrected chi connectivity index (χ2v) is 8.49. The maximum Gasteiger partial charge on any atom is 0.194 e. The van der Waals surface area contributed by atoms with Crippen molar-refractivity contribution in [1.82, 2.24) is 20.0 Å². The van der Waals surface area contributed by atoms with Crippen molar-refractivity contribution in [2.24, 2.45) is 10.4 Å². The van der Waals surface area contributed by atoms with Gasteiger partial charge in [-0.05, 0) is 39.8 Å². The lowest BCUT2D eigenvalue weighted by molar-refractivity contribution is -0.0667. The Balaban J connectivity index is 0.00000312. The van der Waals surface area contributed by atoms with E-state index >= 15 is 0 Å². The number of likely N-dealkylation sites (tertiary alicyclic amines) is 1. The summed E-state index contributed by atoms with van der Waals surface area (Å²) >= 11 is 0. The minimum Gasteiger partial charge on any atom is -0.356 e. The highest BCUT2D eigenvalue weighted by molar-refractivity contribution is 14.0. The van der Waals surface area contributed by atoms with Crippen LogP contribution in [0.3, 0.4) is 0 Å². The third-order valence-electron chi connectivity index (χ3n) is 6.45. The van der Waals surface area contributed by atoms with Crippen molar-refractivity contribution < 1.29 is 0 Å². The van der Waals surface area contributed by atoms with Gasteiger partial charge in [0, 0.05) is 57.3 Å². The van der Waals surface area contributed by atoms with Crippen LogP contribution in [0.5, 0.6) is 0 Å². The van der Waals surface area contributed by atoms with Gasteiger partial charge in [0.2, 0.25) is 0 Å². The predicted molar refractivity (Wildman–Crippen MR) is 119 cm³/mol. The molecule has 0 aromatic carbocycles. The lowest BCUT2D eigenvalue weighted by Crippen LogP contribution is -2.72. The van der Waals surface area contributed by atoms with Gasteiger partial charge in [-0.3, -0.25) is 4.99 Å². The first kappa shape index (κ1) is 23.0. The number of piperazine rings is 1. The number of rotatable bonds is 6. The summed E-state index contributed by atoms with van der Waals surface area (Å²) < 4.78 is 0. The van der Waals surface area contributed by atoms with Crippen LogP contribution >= 0.6 is 24.0 Å². The van der Waals surface area contributed by atoms with Crippen LogP contribution < -0.4 is 5.32 Å². The molecule has 0 bridgehead atoms. The molecule has 25 heavy (non-hydrogen) atoms. The molecule has 2 rings (SSSR count). The lowest BCUT2D eigenvalue weighted by atomic mass is 9.65. The number of hydrogen-bond donors (Lipinski definition) is 1. The molecule has 0 saturated carbocycles. The molecule has 1 N–H and O–H groups in total. The highest BCUT2D eigenvalue weighted by atomic mass is 127. The van der Waals surface area contributed by atoms with E-state index in [1.54, 1.807) is 0 Å². The highest BCUT2D eigenvalue weighted by Crippen LogP contribution is 2.46. The van der Waals surface area contributed by atoms with Gasteiger partial charge < -0.3 is 20.0 Å². The largest absolute Gasteiger partial charge is 0.356 e. The fraction of sp³-hybridized carbons (Fsp3) is 0.947. The van der Waals surface area contributed by atoms with E-state index in [0.29, 0.717) is 5.41 Å². The van der Waals surface area contributed by atoms with Crippen LogP contribution in [0.2, 0.25) is 0 Å². The minimum absolute atomic E-state index is 0. The summed E-state index contributed by atoms with van der Waals surface area (Å²) in [5, 5.41) is 3.57. The Hall–Kier alpha value is -0.0800. The van der Waals surface area contributed by atoms with Crippen LogP contribution in [-0.2, 0) is 0 Å². The summed E-state index contributed by atoms with van der Waals surface area (Å²) in [6.45, 7) is 21.1. The Morgan fingerprint density at radius 1 is 1.00 bits per heavy atom. The molecule has 0 atom stereocenters. The van der Waals surface area contributed by atoms with Gasteiger partial charge in [-0.2, -0.15) is 0 Å². The molecule has 2 aliphatic heterocycles. The molecule has 2 saturated heterocycles. The van der Waals surface area contributed by atoms with Crippen molar-refractivity contribution in [2.75, 3.05) is 59.4 Å². The Morgan fingerprint density at radius 3 is 2.08 bits per heavy atom. The maximum absolute atomic E-state index is 4.49. The number of halogens is 1. The van der Waals surface area contributed by atoms with E-state index in [4.69, 9.17) is 0 Å². The number of nitrogens with one attached hydrogen (secondary N) is 1. The Kier molecular flexibility index (Phi) is 8.94. The smallest absolute Gasteiger partial charge is 0.194 e. The fourth-order valence-corrected chi connectivity index (χ4v) is 3.69. The average molecular weight is 465 g/mol. The summed E-state index contributed by atoms with van der Waals surface area (Å²) in [5.74, 6) is 1.07. The third-order valence-corrected chi connectivity index (χ3v) is 6.45. The second kappa shape index (κ2) is 9.74. The quantitative estimate of drug-likeness (QED) is 0.283. The molecule has 148 valence electrons. The molecule has 2 heterocycles. The number of hydrogen-bond acceptors (Lipinski definition) is 3. The molecule has 2 aliphatic rings. The van der Waals surface area contributed by atoms with Crippen LogP contribution in [0.15, 0.2) is 4.99 Å². The van der Waals surface area contributed by atoms with Crippen molar-refractivity contribution in [3.05, 3.63) is 0 Å².